The predicted octanol–water partition coefficient (Wildman–Crippen LogP) is 22.6. The maximum Gasteiger partial charge on any atom is 0.268 e. The minimum absolute atomic E-state index is 0.00442. The second-order valence-electron chi connectivity index (χ2n) is 26.3. The number of amides is 1. The first kappa shape index (κ1) is 80.7. The number of aliphatic hydroxyl groups is 1. The first-order valence-corrected chi connectivity index (χ1v) is 37.8. The summed E-state index contributed by atoms with van der Waals surface area (Å²) in [7, 11) is 1.26. The molecule has 0 aromatic heterocycles. The summed E-state index contributed by atoms with van der Waals surface area (Å²) in [5.74, 6) is -0.199. The Morgan fingerprint density at radius 2 is 0.683 bits per heavy atom. The monoisotopic (exact) mass is 1180 g/mol. The van der Waals surface area contributed by atoms with Crippen LogP contribution in [-0.4, -0.2) is 68.5 Å². The molecule has 1 amide bonds. The summed E-state index contributed by atoms with van der Waals surface area (Å²) in [4.78, 5) is 25.6. The van der Waals surface area contributed by atoms with Gasteiger partial charge < -0.3 is 28.8 Å². The molecule has 0 radical (unpaired) electrons. The van der Waals surface area contributed by atoms with Crippen molar-refractivity contribution >= 4 is 13.7 Å². The Balaban J connectivity index is 4.05. The molecule has 0 fully saturated rings. The number of nitrogens with one attached hydrogen (secondary N) is 1. The van der Waals surface area contributed by atoms with Gasteiger partial charge in [0.05, 0.1) is 39.9 Å². The Morgan fingerprint density at radius 3 is 0.988 bits per heavy atom. The third-order valence-electron chi connectivity index (χ3n) is 16.8. The lowest BCUT2D eigenvalue weighted by Gasteiger charge is -2.29. The SMILES string of the molecule is CCCCCCCCCC/C=C\CCCCCCCCCCCCCCCCCCCCCC(=O)NC(COP(=O)([O-])OCC[N+](C)(C)C)C(O)/C=C/CC/C=C/CCCCCCCCCCCCCCCCCCCCCCCCC. The number of rotatable bonds is 68. The number of carbonyl (C=O) groups is 1. The number of nitrogens with zero attached hydrogens (tertiary/aromatic N) is 1. The highest BCUT2D eigenvalue weighted by molar-refractivity contribution is 7.45. The molecule has 9 heteroatoms. The highest BCUT2D eigenvalue weighted by atomic mass is 31.2. The van der Waals surface area contributed by atoms with E-state index in [9.17, 15) is 19.4 Å². The van der Waals surface area contributed by atoms with E-state index < -0.39 is 20.0 Å². The standard InChI is InChI=1S/C73H143N2O6P/c1-6-8-10-12-14-16-18-20-22-24-26-28-30-32-34-36-37-39-41-43-45-47-49-51-53-55-57-59-61-63-65-67-73(77)74-71(70-81-82(78,79)80-69-68-75(3,4)5)72(76)66-64-62-60-58-56-54-52-50-48-46-44-42-40-38-35-33-31-29-27-25-23-21-19-17-15-13-11-9-7-2/h24,26,56,58,64,66,71-72,76H,6-23,25,27-55,57,59-63,65,67-70H2,1-5H3,(H-,74,77,78,79)/b26-24-,58-56+,66-64+. The van der Waals surface area contributed by atoms with Crippen molar-refractivity contribution in [3.05, 3.63) is 36.5 Å². The average Bonchev–Trinajstić information content (AvgIpc) is 3.47. The lowest BCUT2D eigenvalue weighted by Crippen LogP contribution is -2.45. The van der Waals surface area contributed by atoms with Gasteiger partial charge in [-0.2, -0.15) is 0 Å². The van der Waals surface area contributed by atoms with E-state index in [0.29, 0.717) is 17.4 Å². The van der Waals surface area contributed by atoms with Gasteiger partial charge in [0, 0.05) is 6.42 Å². The molecule has 486 valence electrons. The van der Waals surface area contributed by atoms with E-state index in [1.54, 1.807) is 6.08 Å². The molecule has 0 aliphatic carbocycles. The molecule has 0 aliphatic heterocycles. The van der Waals surface area contributed by atoms with E-state index in [1.165, 1.54) is 315 Å². The average molecular weight is 1180 g/mol. The highest BCUT2D eigenvalue weighted by Gasteiger charge is 2.23. The molecule has 0 rings (SSSR count). The third kappa shape index (κ3) is 66.2. The molecule has 3 unspecified atom stereocenters. The normalized spacial score (nSPS) is 13.8. The van der Waals surface area contributed by atoms with Crippen LogP contribution in [0.25, 0.3) is 0 Å². The number of aliphatic hydroxyl groups excluding tert-OH is 1. The number of hydrogen-bond donors (Lipinski definition) is 2. The van der Waals surface area contributed by atoms with Crippen LogP contribution in [0.4, 0.5) is 0 Å². The van der Waals surface area contributed by atoms with Gasteiger partial charge in [-0.15, -0.1) is 0 Å². The first-order valence-electron chi connectivity index (χ1n) is 36.4. The largest absolute Gasteiger partial charge is 0.756 e. The van der Waals surface area contributed by atoms with Crippen LogP contribution < -0.4 is 10.2 Å². The fraction of sp³-hybridized carbons (Fsp3) is 0.904. The molecule has 0 spiro atoms. The van der Waals surface area contributed by atoms with Crippen molar-refractivity contribution < 1.29 is 32.9 Å². The molecule has 0 aliphatic rings. The Labute approximate surface area is 512 Å². The zero-order valence-electron chi connectivity index (χ0n) is 55.7. The van der Waals surface area contributed by atoms with Crippen LogP contribution in [0, 0.1) is 0 Å². The van der Waals surface area contributed by atoms with Crippen molar-refractivity contribution in [1.29, 1.82) is 0 Å². The van der Waals surface area contributed by atoms with Crippen molar-refractivity contribution in [2.24, 2.45) is 0 Å². The zero-order chi connectivity index (χ0) is 59.8. The van der Waals surface area contributed by atoms with E-state index in [1.807, 2.05) is 27.2 Å². The Hall–Kier alpha value is -1.28. The number of phosphoric ester groups is 1. The molecular weight excluding hydrogens is 1030 g/mol. The van der Waals surface area contributed by atoms with Gasteiger partial charge in [0.1, 0.15) is 13.2 Å². The van der Waals surface area contributed by atoms with Gasteiger partial charge in [-0.05, 0) is 57.8 Å². The lowest BCUT2D eigenvalue weighted by atomic mass is 10.0. The van der Waals surface area contributed by atoms with Crippen molar-refractivity contribution in [3.63, 3.8) is 0 Å². The van der Waals surface area contributed by atoms with Crippen LogP contribution in [0.5, 0.6) is 0 Å². The molecule has 0 bridgehead atoms. The Kier molecular flexibility index (Phi) is 63.2. The molecule has 0 saturated heterocycles. The second-order valence-corrected chi connectivity index (χ2v) is 27.7. The van der Waals surface area contributed by atoms with Gasteiger partial charge >= 0.3 is 0 Å². The van der Waals surface area contributed by atoms with Gasteiger partial charge in [0.2, 0.25) is 5.91 Å². The van der Waals surface area contributed by atoms with Crippen molar-refractivity contribution in [2.75, 3.05) is 40.9 Å². The summed E-state index contributed by atoms with van der Waals surface area (Å²) in [6.07, 6.45) is 85.7. The van der Waals surface area contributed by atoms with Crippen LogP contribution in [-0.2, 0) is 18.4 Å². The van der Waals surface area contributed by atoms with Crippen LogP contribution in [0.1, 0.15) is 373 Å². The number of likely N-dealkylation sites (N-methyl/N-ethyl adjacent to an activating group) is 1. The van der Waals surface area contributed by atoms with Crippen LogP contribution >= 0.6 is 7.82 Å². The van der Waals surface area contributed by atoms with E-state index in [0.717, 1.165) is 38.5 Å². The smallest absolute Gasteiger partial charge is 0.268 e. The first-order chi connectivity index (χ1) is 40.0. The number of quaternary nitrogens is 1. The van der Waals surface area contributed by atoms with E-state index in [2.05, 4.69) is 43.5 Å². The van der Waals surface area contributed by atoms with Crippen molar-refractivity contribution in [3.8, 4) is 0 Å². The number of phosphoric acid groups is 1. The molecular formula is C73H143N2O6P. The van der Waals surface area contributed by atoms with E-state index >= 15 is 0 Å². The topological polar surface area (TPSA) is 108 Å². The molecule has 2 N–H and O–H groups in total. The number of unbranched alkanes of at least 4 members (excludes halogenated alkanes) is 51. The minimum Gasteiger partial charge on any atom is -0.756 e. The maximum absolute atomic E-state index is 13.0. The van der Waals surface area contributed by atoms with Crippen LogP contribution in [0.3, 0.4) is 0 Å². The molecule has 0 aromatic rings. The molecule has 82 heavy (non-hydrogen) atoms. The van der Waals surface area contributed by atoms with Gasteiger partial charge in [-0.3, -0.25) is 9.36 Å². The molecule has 0 heterocycles. The minimum atomic E-state index is -4.61. The van der Waals surface area contributed by atoms with Crippen molar-refractivity contribution in [2.45, 2.75) is 386 Å². The summed E-state index contributed by atoms with van der Waals surface area (Å²) < 4.78 is 23.5. The molecule has 8 nitrogen and oxygen atoms in total. The number of hydrogen-bond acceptors (Lipinski definition) is 6. The Morgan fingerprint density at radius 1 is 0.415 bits per heavy atom. The second kappa shape index (κ2) is 64.2. The van der Waals surface area contributed by atoms with Gasteiger partial charge in [-0.25, -0.2) is 0 Å². The number of allylic oxidation sites excluding steroid dienone is 5. The number of carbonyl (C=O) groups excluding carboxylic acids is 1. The van der Waals surface area contributed by atoms with E-state index in [-0.39, 0.29) is 19.1 Å². The Bertz CT molecular complexity index is 1430. The summed E-state index contributed by atoms with van der Waals surface area (Å²) in [5.41, 5.74) is 0. The lowest BCUT2D eigenvalue weighted by molar-refractivity contribution is -0.870. The van der Waals surface area contributed by atoms with Gasteiger partial charge in [0.25, 0.3) is 7.82 Å². The summed E-state index contributed by atoms with van der Waals surface area (Å²) >= 11 is 0. The summed E-state index contributed by atoms with van der Waals surface area (Å²) in [5, 5.41) is 14.0. The molecule has 3 atom stereocenters. The summed E-state index contributed by atoms with van der Waals surface area (Å²) in [6, 6.07) is -0.904. The third-order valence-corrected chi connectivity index (χ3v) is 17.8. The van der Waals surface area contributed by atoms with Crippen molar-refractivity contribution in [1.82, 2.24) is 5.32 Å². The van der Waals surface area contributed by atoms with Crippen LogP contribution in [0.15, 0.2) is 36.5 Å². The quantitative estimate of drug-likeness (QED) is 0.0272. The predicted molar refractivity (Wildman–Crippen MR) is 358 cm³/mol. The highest BCUT2D eigenvalue weighted by Crippen LogP contribution is 2.38. The molecule has 0 saturated carbocycles. The van der Waals surface area contributed by atoms with Gasteiger partial charge in [-0.1, -0.05) is 346 Å². The maximum atomic E-state index is 13.0. The molecule has 0 aromatic carbocycles. The summed E-state index contributed by atoms with van der Waals surface area (Å²) in [6.45, 7) is 4.69. The van der Waals surface area contributed by atoms with Gasteiger partial charge in [0.15, 0.2) is 0 Å². The fourth-order valence-electron chi connectivity index (χ4n) is 11.2. The van der Waals surface area contributed by atoms with Crippen LogP contribution in [0.2, 0.25) is 0 Å². The fourth-order valence-corrected chi connectivity index (χ4v) is 11.9. The zero-order valence-corrected chi connectivity index (χ0v) is 56.6. The van der Waals surface area contributed by atoms with E-state index in [4.69, 9.17) is 9.05 Å².